The molecular weight excluding hydrogens is 226 g/mol. The number of nitrogens with two attached hydrogens (primary N) is 1. The van der Waals surface area contributed by atoms with E-state index in [9.17, 15) is 9.59 Å². The van der Waals surface area contributed by atoms with E-state index in [1.165, 1.54) is 5.57 Å². The number of primary amides is 1. The van der Waals surface area contributed by atoms with Crippen LogP contribution in [0.5, 0.6) is 0 Å². The van der Waals surface area contributed by atoms with Crippen molar-refractivity contribution in [1.29, 1.82) is 0 Å². The second kappa shape index (κ2) is 4.41. The van der Waals surface area contributed by atoms with Gasteiger partial charge >= 0.3 is 0 Å². The van der Waals surface area contributed by atoms with Gasteiger partial charge in [0, 0.05) is 11.5 Å². The van der Waals surface area contributed by atoms with Crippen LogP contribution in [0.2, 0.25) is 0 Å². The Morgan fingerprint density at radius 3 is 2.44 bits per heavy atom. The van der Waals surface area contributed by atoms with Crippen molar-refractivity contribution in [3.8, 4) is 0 Å². The Balaban J connectivity index is 2.50. The molecular formula is C15H17NO2. The molecule has 0 aromatic heterocycles. The zero-order chi connectivity index (χ0) is 13.4. The molecule has 0 aliphatic heterocycles. The lowest BCUT2D eigenvalue weighted by molar-refractivity contribution is -0.133. The van der Waals surface area contributed by atoms with E-state index in [0.29, 0.717) is 5.57 Å². The van der Waals surface area contributed by atoms with E-state index in [4.69, 9.17) is 5.73 Å². The molecule has 0 bridgehead atoms. The maximum atomic E-state index is 11.9. The summed E-state index contributed by atoms with van der Waals surface area (Å²) in [4.78, 5) is 23.0. The highest BCUT2D eigenvalue weighted by Crippen LogP contribution is 2.38. The minimum Gasteiger partial charge on any atom is -0.363 e. The fourth-order valence-electron chi connectivity index (χ4n) is 2.49. The molecule has 1 amide bonds. The van der Waals surface area contributed by atoms with Crippen molar-refractivity contribution in [3.05, 3.63) is 46.6 Å². The highest BCUT2D eigenvalue weighted by molar-refractivity contribution is 6.42. The first-order valence-electron chi connectivity index (χ1n) is 6.04. The number of Topliss-reactive ketones (excluding diaryl/α,β-unsaturated/α-hetero) is 1. The highest BCUT2D eigenvalue weighted by atomic mass is 16.2. The number of fused-ring (bicyclic) bond motifs is 1. The van der Waals surface area contributed by atoms with Gasteiger partial charge in [0.1, 0.15) is 0 Å². The number of amides is 1. The molecule has 0 saturated heterocycles. The lowest BCUT2D eigenvalue weighted by Crippen LogP contribution is -2.30. The first-order chi connectivity index (χ1) is 8.41. The zero-order valence-corrected chi connectivity index (χ0v) is 10.9. The Labute approximate surface area is 107 Å². The topological polar surface area (TPSA) is 60.2 Å². The van der Waals surface area contributed by atoms with E-state index in [2.05, 4.69) is 6.92 Å². The summed E-state index contributed by atoms with van der Waals surface area (Å²) in [5, 5.41) is 0. The van der Waals surface area contributed by atoms with Crippen LogP contribution in [-0.2, 0) is 9.59 Å². The summed E-state index contributed by atoms with van der Waals surface area (Å²) < 4.78 is 0. The summed E-state index contributed by atoms with van der Waals surface area (Å²) in [6.45, 7) is 6.06. The summed E-state index contributed by atoms with van der Waals surface area (Å²) in [7, 11) is 0. The van der Waals surface area contributed by atoms with Crippen molar-refractivity contribution in [3.63, 3.8) is 0 Å². The van der Waals surface area contributed by atoms with E-state index in [-0.39, 0.29) is 11.8 Å². The number of carbonyl (C=O) groups is 2. The van der Waals surface area contributed by atoms with Crippen LogP contribution >= 0.6 is 0 Å². The maximum Gasteiger partial charge on any atom is 0.289 e. The molecule has 2 aliphatic carbocycles. The number of rotatable bonds is 2. The van der Waals surface area contributed by atoms with Crippen molar-refractivity contribution in [2.75, 3.05) is 0 Å². The fraction of sp³-hybridized carbons (Fsp3) is 0.333. The quantitative estimate of drug-likeness (QED) is 0.755. The highest BCUT2D eigenvalue weighted by Gasteiger charge is 2.31. The Morgan fingerprint density at radius 1 is 1.17 bits per heavy atom. The van der Waals surface area contributed by atoms with Gasteiger partial charge in [-0.1, -0.05) is 42.4 Å². The predicted octanol–water partition coefficient (Wildman–Crippen LogP) is 2.07. The minimum atomic E-state index is -0.882. The molecule has 3 heteroatoms. The third-order valence-electron chi connectivity index (χ3n) is 3.68. The minimum absolute atomic E-state index is 0.119. The van der Waals surface area contributed by atoms with Crippen LogP contribution in [0.25, 0.3) is 0 Å². The van der Waals surface area contributed by atoms with Crippen molar-refractivity contribution in [2.24, 2.45) is 17.6 Å². The third kappa shape index (κ3) is 1.96. The molecule has 0 radical (unpaired) electrons. The average Bonchev–Trinajstić information content (AvgIpc) is 2.32. The third-order valence-corrected chi connectivity index (χ3v) is 3.68. The smallest absolute Gasteiger partial charge is 0.289 e. The van der Waals surface area contributed by atoms with Crippen molar-refractivity contribution in [1.82, 2.24) is 0 Å². The van der Waals surface area contributed by atoms with Crippen molar-refractivity contribution in [2.45, 2.75) is 20.8 Å². The van der Waals surface area contributed by atoms with E-state index in [1.807, 2.05) is 38.2 Å². The van der Waals surface area contributed by atoms with Gasteiger partial charge in [-0.15, -0.1) is 0 Å². The lowest BCUT2D eigenvalue weighted by Gasteiger charge is -2.29. The SMILES string of the molecule is CC1=CC2C(C(=O)C(N)=O)=C[C@@H](C)C(C)=C2C=C1. The Morgan fingerprint density at radius 2 is 1.83 bits per heavy atom. The molecule has 0 aromatic rings. The molecule has 94 valence electrons. The van der Waals surface area contributed by atoms with Crippen LogP contribution in [0.15, 0.2) is 46.6 Å². The standard InChI is InChI=1S/C15H17NO2/c1-8-4-5-11-10(3)9(2)7-13(12(11)6-8)14(17)15(16)18/h4-7,9,12H,1-3H3,(H2,16,18)/t9-,12?/m1/s1. The lowest BCUT2D eigenvalue weighted by atomic mass is 9.74. The monoisotopic (exact) mass is 243 g/mol. The van der Waals surface area contributed by atoms with Crippen LogP contribution < -0.4 is 5.73 Å². The molecule has 0 heterocycles. The normalized spacial score (nSPS) is 26.4. The fourth-order valence-corrected chi connectivity index (χ4v) is 2.49. The second-order valence-corrected chi connectivity index (χ2v) is 4.96. The van der Waals surface area contributed by atoms with E-state index in [1.54, 1.807) is 0 Å². The van der Waals surface area contributed by atoms with Gasteiger partial charge < -0.3 is 5.73 Å². The van der Waals surface area contributed by atoms with Crippen molar-refractivity contribution >= 4 is 11.7 Å². The van der Waals surface area contributed by atoms with Crippen LogP contribution in [-0.4, -0.2) is 11.7 Å². The van der Waals surface area contributed by atoms with Gasteiger partial charge in [-0.25, -0.2) is 0 Å². The summed E-state index contributed by atoms with van der Waals surface area (Å²) in [5.41, 5.74) is 9.07. The Bertz CT molecular complexity index is 547. The Hall–Kier alpha value is -1.90. The molecule has 2 aliphatic rings. The number of ketones is 1. The van der Waals surface area contributed by atoms with E-state index >= 15 is 0 Å². The van der Waals surface area contributed by atoms with Gasteiger partial charge in [0.15, 0.2) is 0 Å². The van der Waals surface area contributed by atoms with E-state index in [0.717, 1.165) is 11.1 Å². The second-order valence-electron chi connectivity index (χ2n) is 4.96. The average molecular weight is 243 g/mol. The van der Waals surface area contributed by atoms with Gasteiger partial charge in [0.05, 0.1) is 0 Å². The zero-order valence-electron chi connectivity index (χ0n) is 10.9. The summed E-state index contributed by atoms with van der Waals surface area (Å²) >= 11 is 0. The first kappa shape index (κ1) is 12.6. The molecule has 0 fully saturated rings. The maximum absolute atomic E-state index is 11.9. The largest absolute Gasteiger partial charge is 0.363 e. The summed E-state index contributed by atoms with van der Waals surface area (Å²) in [6, 6.07) is 0. The van der Waals surface area contributed by atoms with Gasteiger partial charge in [0.2, 0.25) is 5.78 Å². The van der Waals surface area contributed by atoms with Gasteiger partial charge in [-0.2, -0.15) is 0 Å². The molecule has 18 heavy (non-hydrogen) atoms. The first-order valence-corrected chi connectivity index (χ1v) is 6.04. The molecule has 2 N–H and O–H groups in total. The molecule has 2 rings (SSSR count). The van der Waals surface area contributed by atoms with Crippen LogP contribution in [0, 0.1) is 11.8 Å². The van der Waals surface area contributed by atoms with Gasteiger partial charge in [-0.3, -0.25) is 9.59 Å². The molecule has 2 atom stereocenters. The predicted molar refractivity (Wildman–Crippen MR) is 70.5 cm³/mol. The van der Waals surface area contributed by atoms with Crippen LogP contribution in [0.4, 0.5) is 0 Å². The molecule has 1 unspecified atom stereocenters. The number of hydrogen-bond donors (Lipinski definition) is 1. The number of allylic oxidation sites excluding steroid dienone is 7. The van der Waals surface area contributed by atoms with Crippen LogP contribution in [0.1, 0.15) is 20.8 Å². The summed E-state index contributed by atoms with van der Waals surface area (Å²) in [5.74, 6) is -1.42. The van der Waals surface area contributed by atoms with Gasteiger partial charge in [-0.05, 0) is 25.3 Å². The van der Waals surface area contributed by atoms with Gasteiger partial charge in [0.25, 0.3) is 5.91 Å². The van der Waals surface area contributed by atoms with Crippen molar-refractivity contribution < 1.29 is 9.59 Å². The Kier molecular flexibility index (Phi) is 3.07. The summed E-state index contributed by atoms with van der Waals surface area (Å²) in [6.07, 6.45) is 7.93. The number of hydrogen-bond acceptors (Lipinski definition) is 2. The molecule has 0 aromatic carbocycles. The van der Waals surface area contributed by atoms with E-state index < -0.39 is 11.7 Å². The number of carbonyl (C=O) groups excluding carboxylic acids is 2. The van der Waals surface area contributed by atoms with Crippen LogP contribution in [0.3, 0.4) is 0 Å². The molecule has 0 saturated carbocycles. The molecule has 0 spiro atoms. The molecule has 3 nitrogen and oxygen atoms in total.